The molecule has 2 rings (SSSR count). The molecule has 2 aromatic carbocycles. The second-order valence-corrected chi connectivity index (χ2v) is 6.61. The Morgan fingerprint density at radius 2 is 1.75 bits per heavy atom. The van der Waals surface area contributed by atoms with Crippen molar-refractivity contribution in [2.75, 3.05) is 11.1 Å². The molecule has 0 spiro atoms. The number of hydrogen-bond acceptors (Lipinski definition) is 7. The molecule has 0 aromatic heterocycles. The molecular weight excluding hydrogens is 388 g/mol. The molecule has 0 saturated carbocycles. The average molecular weight is 404 g/mol. The number of nitro groups is 2. The Bertz CT molecular complexity index is 963. The topological polar surface area (TPSA) is 158 Å². The van der Waals surface area contributed by atoms with Crippen LogP contribution in [0.25, 0.3) is 0 Å². The van der Waals surface area contributed by atoms with Crippen LogP contribution in [0.5, 0.6) is 0 Å². The Labute approximate surface area is 163 Å². The fraction of sp³-hybridized carbons (Fsp3) is 0.176. The molecule has 3 N–H and O–H groups in total. The lowest BCUT2D eigenvalue weighted by atomic mass is 10.1. The summed E-state index contributed by atoms with van der Waals surface area (Å²) >= 11 is 0.902. The highest BCUT2D eigenvalue weighted by Gasteiger charge is 2.19. The van der Waals surface area contributed by atoms with E-state index in [9.17, 15) is 29.8 Å². The first-order chi connectivity index (χ1) is 13.2. The largest absolute Gasteiger partial charge is 0.366 e. The second-order valence-electron chi connectivity index (χ2n) is 5.59. The molecule has 0 unspecified atom stereocenters. The van der Waals surface area contributed by atoms with Gasteiger partial charge in [0, 0.05) is 28.9 Å². The highest BCUT2D eigenvalue weighted by Crippen LogP contribution is 2.30. The number of carbonyl (C=O) groups is 2. The summed E-state index contributed by atoms with van der Waals surface area (Å²) in [7, 11) is 0. The summed E-state index contributed by atoms with van der Waals surface area (Å²) in [5.41, 5.74) is 5.48. The van der Waals surface area contributed by atoms with Crippen LogP contribution in [-0.2, 0) is 11.2 Å². The number of rotatable bonds is 8. The van der Waals surface area contributed by atoms with Crippen molar-refractivity contribution in [3.8, 4) is 0 Å². The van der Waals surface area contributed by atoms with Gasteiger partial charge in [-0.3, -0.25) is 29.8 Å². The second kappa shape index (κ2) is 8.95. The Morgan fingerprint density at radius 3 is 2.32 bits per heavy atom. The van der Waals surface area contributed by atoms with E-state index >= 15 is 0 Å². The number of thioether (sulfide) groups is 1. The van der Waals surface area contributed by atoms with Gasteiger partial charge in [0.1, 0.15) is 0 Å². The molecule has 10 nitrogen and oxygen atoms in total. The molecule has 0 aliphatic carbocycles. The monoisotopic (exact) mass is 404 g/mol. The van der Waals surface area contributed by atoms with Crippen LogP contribution < -0.4 is 11.1 Å². The molecule has 0 radical (unpaired) electrons. The zero-order chi connectivity index (χ0) is 20.8. The van der Waals surface area contributed by atoms with Crippen molar-refractivity contribution >= 4 is 40.6 Å². The first kappa shape index (κ1) is 20.8. The summed E-state index contributed by atoms with van der Waals surface area (Å²) in [5.74, 6) is -1.45. The smallest absolute Gasteiger partial charge is 0.283 e. The average Bonchev–Trinajstić information content (AvgIpc) is 2.65. The van der Waals surface area contributed by atoms with Crippen LogP contribution in [0.2, 0.25) is 0 Å². The van der Waals surface area contributed by atoms with Gasteiger partial charge in [-0.1, -0.05) is 13.0 Å². The van der Waals surface area contributed by atoms with E-state index in [1.165, 1.54) is 18.2 Å². The molecule has 146 valence electrons. The van der Waals surface area contributed by atoms with Crippen molar-refractivity contribution < 1.29 is 19.4 Å². The lowest BCUT2D eigenvalue weighted by molar-refractivity contribution is -0.387. The Balaban J connectivity index is 2.11. The number of nitrogens with zero attached hydrogens (tertiary/aromatic N) is 2. The zero-order valence-electron chi connectivity index (χ0n) is 14.7. The Morgan fingerprint density at radius 1 is 1.07 bits per heavy atom. The van der Waals surface area contributed by atoms with E-state index in [1.54, 1.807) is 19.1 Å². The number of nitrogens with two attached hydrogens (primary N) is 1. The molecule has 0 heterocycles. The van der Waals surface area contributed by atoms with Crippen LogP contribution in [0, 0.1) is 20.2 Å². The maximum Gasteiger partial charge on any atom is 0.283 e. The van der Waals surface area contributed by atoms with Crippen LogP contribution in [-0.4, -0.2) is 27.4 Å². The Hall–Kier alpha value is -3.47. The SMILES string of the molecule is CCc1ccc(NC(=O)CSc2ccc(C(N)=O)cc2[N+](=O)[O-])cc1[N+](=O)[O-]. The van der Waals surface area contributed by atoms with Gasteiger partial charge in [-0.15, -0.1) is 11.8 Å². The van der Waals surface area contributed by atoms with Gasteiger partial charge in [0.15, 0.2) is 0 Å². The predicted molar refractivity (Wildman–Crippen MR) is 103 cm³/mol. The summed E-state index contributed by atoms with van der Waals surface area (Å²) in [4.78, 5) is 44.6. The maximum absolute atomic E-state index is 12.1. The van der Waals surface area contributed by atoms with Crippen molar-refractivity contribution in [1.82, 2.24) is 0 Å². The molecular formula is C17H16N4O6S. The normalized spacial score (nSPS) is 10.3. The van der Waals surface area contributed by atoms with E-state index in [-0.39, 0.29) is 33.3 Å². The van der Waals surface area contributed by atoms with Crippen LogP contribution in [0.4, 0.5) is 17.1 Å². The van der Waals surface area contributed by atoms with E-state index in [0.29, 0.717) is 12.0 Å². The standard InChI is InChI=1S/C17H16N4O6S/c1-2-10-3-5-12(8-13(10)20(24)25)19-16(22)9-28-15-6-4-11(17(18)23)7-14(15)21(26)27/h3-8H,2,9H2,1H3,(H2,18,23)(H,19,22). The van der Waals surface area contributed by atoms with Gasteiger partial charge in [-0.05, 0) is 24.6 Å². The minimum atomic E-state index is -0.797. The van der Waals surface area contributed by atoms with E-state index in [1.807, 2.05) is 0 Å². The quantitative estimate of drug-likeness (QED) is 0.389. The molecule has 0 aliphatic heterocycles. The van der Waals surface area contributed by atoms with Gasteiger partial charge >= 0.3 is 0 Å². The molecule has 2 amide bonds. The van der Waals surface area contributed by atoms with Crippen molar-refractivity contribution in [2.24, 2.45) is 5.73 Å². The number of amides is 2. The van der Waals surface area contributed by atoms with Crippen molar-refractivity contribution in [2.45, 2.75) is 18.2 Å². The Kier molecular flexibility index (Phi) is 6.66. The van der Waals surface area contributed by atoms with Gasteiger partial charge in [-0.2, -0.15) is 0 Å². The van der Waals surface area contributed by atoms with Crippen LogP contribution in [0.3, 0.4) is 0 Å². The summed E-state index contributed by atoms with van der Waals surface area (Å²) in [6.45, 7) is 1.79. The first-order valence-corrected chi connectivity index (χ1v) is 8.99. The summed E-state index contributed by atoms with van der Waals surface area (Å²) in [6, 6.07) is 8.12. The molecule has 28 heavy (non-hydrogen) atoms. The number of benzene rings is 2. The van der Waals surface area contributed by atoms with Gasteiger partial charge in [0.25, 0.3) is 11.4 Å². The van der Waals surface area contributed by atoms with Crippen molar-refractivity contribution in [3.63, 3.8) is 0 Å². The summed E-state index contributed by atoms with van der Waals surface area (Å²) in [6.07, 6.45) is 0.478. The number of hydrogen-bond donors (Lipinski definition) is 2. The number of primary amides is 1. The van der Waals surface area contributed by atoms with Crippen molar-refractivity contribution in [1.29, 1.82) is 0 Å². The third-order valence-corrected chi connectivity index (χ3v) is 4.81. The number of carbonyl (C=O) groups excluding carboxylic acids is 2. The fourth-order valence-corrected chi connectivity index (χ4v) is 3.19. The van der Waals surface area contributed by atoms with E-state index in [2.05, 4.69) is 5.32 Å². The minimum Gasteiger partial charge on any atom is -0.366 e. The first-order valence-electron chi connectivity index (χ1n) is 8.01. The highest BCUT2D eigenvalue weighted by atomic mass is 32.2. The highest BCUT2D eigenvalue weighted by molar-refractivity contribution is 8.00. The molecule has 11 heteroatoms. The van der Waals surface area contributed by atoms with Crippen LogP contribution >= 0.6 is 11.8 Å². The molecule has 2 aromatic rings. The number of aryl methyl sites for hydroxylation is 1. The van der Waals surface area contributed by atoms with Gasteiger partial charge < -0.3 is 11.1 Å². The minimum absolute atomic E-state index is 0.0103. The molecule has 0 saturated heterocycles. The molecule has 0 bridgehead atoms. The van der Waals surface area contributed by atoms with E-state index in [4.69, 9.17) is 5.73 Å². The third-order valence-electron chi connectivity index (χ3n) is 3.75. The molecule has 0 atom stereocenters. The molecule has 0 fully saturated rings. The number of anilines is 1. The van der Waals surface area contributed by atoms with Crippen LogP contribution in [0.15, 0.2) is 41.3 Å². The summed E-state index contributed by atoms with van der Waals surface area (Å²) in [5, 5.41) is 24.8. The predicted octanol–water partition coefficient (Wildman–Crippen LogP) is 2.90. The van der Waals surface area contributed by atoms with E-state index < -0.39 is 21.7 Å². The lowest BCUT2D eigenvalue weighted by Gasteiger charge is -2.08. The number of nitrogens with one attached hydrogen (secondary N) is 1. The van der Waals surface area contributed by atoms with E-state index in [0.717, 1.165) is 17.8 Å². The van der Waals surface area contributed by atoms with Crippen molar-refractivity contribution in [3.05, 3.63) is 67.8 Å². The van der Waals surface area contributed by atoms with Gasteiger partial charge in [0.2, 0.25) is 11.8 Å². The van der Waals surface area contributed by atoms with Gasteiger partial charge in [-0.25, -0.2) is 0 Å². The van der Waals surface area contributed by atoms with Gasteiger partial charge in [0.05, 0.1) is 20.5 Å². The third kappa shape index (κ3) is 5.04. The van der Waals surface area contributed by atoms with Crippen LogP contribution in [0.1, 0.15) is 22.8 Å². The zero-order valence-corrected chi connectivity index (χ0v) is 15.5. The molecule has 0 aliphatic rings. The summed E-state index contributed by atoms with van der Waals surface area (Å²) < 4.78 is 0. The fourth-order valence-electron chi connectivity index (χ4n) is 2.39. The number of nitro benzene ring substituents is 2. The lowest BCUT2D eigenvalue weighted by Crippen LogP contribution is -2.14. The maximum atomic E-state index is 12.1.